The highest BCUT2D eigenvalue weighted by Crippen LogP contribution is 2.32. The van der Waals surface area contributed by atoms with Gasteiger partial charge < -0.3 is 18.8 Å². The minimum atomic E-state index is -0.116. The van der Waals surface area contributed by atoms with Crippen LogP contribution in [0.25, 0.3) is 0 Å². The lowest BCUT2D eigenvalue weighted by Gasteiger charge is -2.31. The second-order valence-electron chi connectivity index (χ2n) is 6.27. The molecule has 0 atom stereocenters. The summed E-state index contributed by atoms with van der Waals surface area (Å²) in [7, 11) is 0. The van der Waals surface area contributed by atoms with Crippen molar-refractivity contribution < 1.29 is 23.5 Å². The Morgan fingerprint density at radius 1 is 1.00 bits per heavy atom. The molecule has 1 aromatic carbocycles. The zero-order valence-electron chi connectivity index (χ0n) is 13.8. The van der Waals surface area contributed by atoms with Gasteiger partial charge in [-0.3, -0.25) is 9.59 Å². The van der Waals surface area contributed by atoms with E-state index in [1.165, 1.54) is 6.26 Å². The van der Waals surface area contributed by atoms with E-state index in [-0.39, 0.29) is 17.6 Å². The van der Waals surface area contributed by atoms with Crippen LogP contribution in [-0.4, -0.2) is 42.9 Å². The van der Waals surface area contributed by atoms with Gasteiger partial charge in [0.1, 0.15) is 13.2 Å². The first-order valence-electron chi connectivity index (χ1n) is 8.49. The molecule has 1 fully saturated rings. The van der Waals surface area contributed by atoms with Crippen molar-refractivity contribution in [1.29, 1.82) is 0 Å². The number of fused-ring (bicyclic) bond motifs is 1. The number of piperidine rings is 1. The fourth-order valence-electron chi connectivity index (χ4n) is 3.33. The van der Waals surface area contributed by atoms with Crippen molar-refractivity contribution >= 4 is 11.7 Å². The van der Waals surface area contributed by atoms with Crippen molar-refractivity contribution in [2.24, 2.45) is 5.92 Å². The SMILES string of the molecule is O=C(c1ccc2c(c1)OCCO2)C1CCN(C(=O)c2ccco2)CC1. The Hall–Kier alpha value is -2.76. The van der Waals surface area contributed by atoms with E-state index >= 15 is 0 Å². The summed E-state index contributed by atoms with van der Waals surface area (Å²) in [6.07, 6.45) is 2.80. The van der Waals surface area contributed by atoms with Gasteiger partial charge in [0.2, 0.25) is 0 Å². The molecular weight excluding hydrogens is 322 g/mol. The molecule has 1 aromatic heterocycles. The zero-order valence-corrected chi connectivity index (χ0v) is 13.8. The molecule has 0 spiro atoms. The van der Waals surface area contributed by atoms with Crippen LogP contribution in [0.15, 0.2) is 41.0 Å². The summed E-state index contributed by atoms with van der Waals surface area (Å²) in [5, 5.41) is 0. The lowest BCUT2D eigenvalue weighted by molar-refractivity contribution is 0.0624. The first-order chi connectivity index (χ1) is 12.2. The lowest BCUT2D eigenvalue weighted by Crippen LogP contribution is -2.40. The van der Waals surface area contributed by atoms with Crippen molar-refractivity contribution in [3.05, 3.63) is 47.9 Å². The first-order valence-corrected chi connectivity index (χ1v) is 8.49. The molecule has 2 aliphatic rings. The summed E-state index contributed by atoms with van der Waals surface area (Å²) < 4.78 is 16.2. The van der Waals surface area contributed by atoms with Crippen LogP contribution in [0.1, 0.15) is 33.8 Å². The van der Waals surface area contributed by atoms with Crippen molar-refractivity contribution in [3.8, 4) is 11.5 Å². The van der Waals surface area contributed by atoms with E-state index in [4.69, 9.17) is 13.9 Å². The predicted molar refractivity (Wildman–Crippen MR) is 89.1 cm³/mol. The Morgan fingerprint density at radius 3 is 2.48 bits per heavy atom. The van der Waals surface area contributed by atoms with Gasteiger partial charge in [-0.1, -0.05) is 0 Å². The molecule has 25 heavy (non-hydrogen) atoms. The number of amides is 1. The van der Waals surface area contributed by atoms with Gasteiger partial charge in [-0.05, 0) is 43.2 Å². The molecule has 0 radical (unpaired) electrons. The highest BCUT2D eigenvalue weighted by atomic mass is 16.6. The number of carbonyl (C=O) groups excluding carboxylic acids is 2. The standard InChI is InChI=1S/C19H19NO5/c21-18(14-3-4-15-17(12-14)25-11-10-24-15)13-5-7-20(8-6-13)19(22)16-2-1-9-23-16/h1-4,9,12-13H,5-8,10-11H2. The smallest absolute Gasteiger partial charge is 0.289 e. The molecule has 1 saturated heterocycles. The number of hydrogen-bond donors (Lipinski definition) is 0. The van der Waals surface area contributed by atoms with Gasteiger partial charge in [0.05, 0.1) is 6.26 Å². The number of benzene rings is 1. The Morgan fingerprint density at radius 2 is 1.76 bits per heavy atom. The van der Waals surface area contributed by atoms with Crippen LogP contribution in [0, 0.1) is 5.92 Å². The summed E-state index contributed by atoms with van der Waals surface area (Å²) in [6, 6.07) is 8.70. The van der Waals surface area contributed by atoms with E-state index < -0.39 is 0 Å². The number of Topliss-reactive ketones (excluding diaryl/α,β-unsaturated/α-hetero) is 1. The Kier molecular flexibility index (Phi) is 4.17. The predicted octanol–water partition coefficient (Wildman–Crippen LogP) is 2.79. The first kappa shape index (κ1) is 15.7. The highest BCUT2D eigenvalue weighted by Gasteiger charge is 2.29. The van der Waals surface area contributed by atoms with Crippen LogP contribution in [0.3, 0.4) is 0 Å². The third-order valence-electron chi connectivity index (χ3n) is 4.71. The van der Waals surface area contributed by atoms with Crippen LogP contribution < -0.4 is 9.47 Å². The minimum absolute atomic E-state index is 0.0804. The summed E-state index contributed by atoms with van der Waals surface area (Å²) >= 11 is 0. The molecule has 6 heteroatoms. The van der Waals surface area contributed by atoms with Crippen molar-refractivity contribution in [3.63, 3.8) is 0 Å². The van der Waals surface area contributed by atoms with Gasteiger partial charge in [-0.15, -0.1) is 0 Å². The quantitative estimate of drug-likeness (QED) is 0.803. The number of carbonyl (C=O) groups is 2. The largest absolute Gasteiger partial charge is 0.486 e. The van der Waals surface area contributed by atoms with Gasteiger partial charge in [0.15, 0.2) is 23.0 Å². The zero-order chi connectivity index (χ0) is 17.2. The van der Waals surface area contributed by atoms with Crippen LogP contribution in [0.5, 0.6) is 11.5 Å². The van der Waals surface area contributed by atoms with E-state index in [0.29, 0.717) is 62.0 Å². The number of furan rings is 1. The number of rotatable bonds is 3. The normalized spacial score (nSPS) is 17.4. The second kappa shape index (κ2) is 6.63. The lowest BCUT2D eigenvalue weighted by atomic mass is 9.88. The molecule has 2 aromatic rings. The van der Waals surface area contributed by atoms with Gasteiger partial charge in [-0.25, -0.2) is 0 Å². The van der Waals surface area contributed by atoms with E-state index in [0.717, 1.165) is 0 Å². The summed E-state index contributed by atoms with van der Waals surface area (Å²) in [5.41, 5.74) is 0.639. The van der Waals surface area contributed by atoms with Gasteiger partial charge >= 0.3 is 0 Å². The minimum Gasteiger partial charge on any atom is -0.486 e. The highest BCUT2D eigenvalue weighted by molar-refractivity contribution is 5.99. The van der Waals surface area contributed by atoms with E-state index in [1.54, 1.807) is 35.2 Å². The molecule has 130 valence electrons. The van der Waals surface area contributed by atoms with Crippen molar-refractivity contribution in [2.75, 3.05) is 26.3 Å². The summed E-state index contributed by atoms with van der Waals surface area (Å²) in [6.45, 7) is 2.14. The van der Waals surface area contributed by atoms with Crippen LogP contribution >= 0.6 is 0 Å². The van der Waals surface area contributed by atoms with Crippen LogP contribution in [0.4, 0.5) is 0 Å². The Bertz CT molecular complexity index is 775. The number of likely N-dealkylation sites (tertiary alicyclic amines) is 1. The molecular formula is C19H19NO5. The van der Waals surface area contributed by atoms with Crippen LogP contribution in [0.2, 0.25) is 0 Å². The average molecular weight is 341 g/mol. The van der Waals surface area contributed by atoms with Crippen molar-refractivity contribution in [2.45, 2.75) is 12.8 Å². The summed E-state index contributed by atoms with van der Waals surface area (Å²) in [4.78, 5) is 26.8. The molecule has 0 N–H and O–H groups in total. The third-order valence-corrected chi connectivity index (χ3v) is 4.71. The van der Waals surface area contributed by atoms with Gasteiger partial charge in [-0.2, -0.15) is 0 Å². The molecule has 0 saturated carbocycles. The molecule has 0 unspecified atom stereocenters. The van der Waals surface area contributed by atoms with E-state index in [1.807, 2.05) is 0 Å². The van der Waals surface area contributed by atoms with Crippen LogP contribution in [-0.2, 0) is 0 Å². The second-order valence-corrected chi connectivity index (χ2v) is 6.27. The number of ketones is 1. The topological polar surface area (TPSA) is 69.0 Å². The molecule has 1 amide bonds. The number of ether oxygens (including phenoxy) is 2. The van der Waals surface area contributed by atoms with E-state index in [9.17, 15) is 9.59 Å². The fourth-order valence-corrected chi connectivity index (χ4v) is 3.33. The van der Waals surface area contributed by atoms with Gasteiger partial charge in [0.25, 0.3) is 5.91 Å². The van der Waals surface area contributed by atoms with Gasteiger partial charge in [0, 0.05) is 24.6 Å². The summed E-state index contributed by atoms with van der Waals surface area (Å²) in [5.74, 6) is 1.56. The molecule has 0 bridgehead atoms. The average Bonchev–Trinajstić information content (AvgIpc) is 3.21. The maximum Gasteiger partial charge on any atom is 0.289 e. The molecule has 0 aliphatic carbocycles. The van der Waals surface area contributed by atoms with Crippen molar-refractivity contribution in [1.82, 2.24) is 4.90 Å². The monoisotopic (exact) mass is 341 g/mol. The Balaban J connectivity index is 1.40. The van der Waals surface area contributed by atoms with E-state index in [2.05, 4.69) is 0 Å². The fraction of sp³-hybridized carbons (Fsp3) is 0.368. The maximum absolute atomic E-state index is 12.8. The molecule has 4 rings (SSSR count). The number of nitrogens with zero attached hydrogens (tertiary/aromatic N) is 1. The molecule has 3 heterocycles. The molecule has 2 aliphatic heterocycles. The maximum atomic E-state index is 12.8. The number of hydrogen-bond acceptors (Lipinski definition) is 5. The molecule has 6 nitrogen and oxygen atoms in total. The Labute approximate surface area is 145 Å². The third kappa shape index (κ3) is 3.12.